The quantitative estimate of drug-likeness (QED) is 0.840. The largest absolute Gasteiger partial charge is 0.493 e. The number of aromatic hydroxyl groups is 1. The monoisotopic (exact) mass is 272 g/mol. The van der Waals surface area contributed by atoms with E-state index in [0.717, 1.165) is 16.8 Å². The van der Waals surface area contributed by atoms with Gasteiger partial charge in [-0.1, -0.05) is 51.1 Å². The first kappa shape index (κ1) is 14.6. The van der Waals surface area contributed by atoms with Gasteiger partial charge < -0.3 is 5.11 Å². The van der Waals surface area contributed by atoms with Crippen molar-refractivity contribution < 1.29 is 5.11 Å². The number of hydrogen-bond donors (Lipinski definition) is 1. The van der Waals surface area contributed by atoms with Gasteiger partial charge in [0.15, 0.2) is 0 Å². The Hall–Kier alpha value is -1.77. The summed E-state index contributed by atoms with van der Waals surface area (Å²) in [4.78, 5) is 0. The summed E-state index contributed by atoms with van der Waals surface area (Å²) >= 11 is 0. The Morgan fingerprint density at radius 3 is 1.95 bits per heavy atom. The van der Waals surface area contributed by atoms with E-state index < -0.39 is 0 Å². The van der Waals surface area contributed by atoms with Gasteiger partial charge in [0.1, 0.15) is 5.69 Å². The van der Waals surface area contributed by atoms with Crippen LogP contribution in [0.15, 0.2) is 30.3 Å². The number of benzene rings is 1. The molecule has 0 aliphatic rings. The van der Waals surface area contributed by atoms with E-state index in [-0.39, 0.29) is 16.8 Å². The third kappa shape index (κ3) is 2.58. The SMILES string of the molecule is CC(C)(C)c1c(-c2ccccc2)nn(C(C)(C)C)c1O. The van der Waals surface area contributed by atoms with Crippen LogP contribution in [0.3, 0.4) is 0 Å². The molecule has 0 radical (unpaired) electrons. The van der Waals surface area contributed by atoms with Crippen LogP contribution in [0.4, 0.5) is 0 Å². The maximum absolute atomic E-state index is 10.6. The molecule has 0 aliphatic heterocycles. The summed E-state index contributed by atoms with van der Waals surface area (Å²) in [6, 6.07) is 10.0. The van der Waals surface area contributed by atoms with Gasteiger partial charge in [0.05, 0.1) is 5.54 Å². The molecule has 2 rings (SSSR count). The third-order valence-electron chi connectivity index (χ3n) is 3.29. The van der Waals surface area contributed by atoms with Crippen molar-refractivity contribution in [2.24, 2.45) is 0 Å². The summed E-state index contributed by atoms with van der Waals surface area (Å²) in [5.74, 6) is 0.267. The molecule has 0 saturated carbocycles. The first-order valence-electron chi connectivity index (χ1n) is 7.01. The molecular formula is C17H24N2O. The zero-order valence-corrected chi connectivity index (χ0v) is 13.2. The second-order valence-electron chi connectivity index (χ2n) is 7.25. The Morgan fingerprint density at radius 2 is 1.50 bits per heavy atom. The van der Waals surface area contributed by atoms with E-state index in [1.807, 2.05) is 51.1 Å². The zero-order chi connectivity index (χ0) is 15.1. The standard InChI is InChI=1S/C17H24N2O/c1-16(2,3)13-14(12-10-8-7-9-11-12)18-19(15(13)20)17(4,5)6/h7-11,20H,1-6H3. The minimum Gasteiger partial charge on any atom is -0.493 e. The van der Waals surface area contributed by atoms with Crippen LogP contribution in [-0.2, 0) is 11.0 Å². The summed E-state index contributed by atoms with van der Waals surface area (Å²) in [5, 5.41) is 15.3. The first-order chi connectivity index (χ1) is 9.12. The van der Waals surface area contributed by atoms with E-state index in [0.29, 0.717) is 0 Å². The van der Waals surface area contributed by atoms with Crippen LogP contribution in [-0.4, -0.2) is 14.9 Å². The maximum atomic E-state index is 10.6. The van der Waals surface area contributed by atoms with Crippen molar-refractivity contribution in [1.82, 2.24) is 9.78 Å². The molecule has 20 heavy (non-hydrogen) atoms. The second kappa shape index (κ2) is 4.65. The van der Waals surface area contributed by atoms with Gasteiger partial charge in [-0.25, -0.2) is 4.68 Å². The Morgan fingerprint density at radius 1 is 0.950 bits per heavy atom. The van der Waals surface area contributed by atoms with Crippen LogP contribution >= 0.6 is 0 Å². The van der Waals surface area contributed by atoms with Gasteiger partial charge in [0.2, 0.25) is 5.88 Å². The Balaban J connectivity index is 2.75. The van der Waals surface area contributed by atoms with E-state index in [4.69, 9.17) is 0 Å². The normalized spacial score (nSPS) is 12.7. The Kier molecular flexibility index (Phi) is 3.41. The fraction of sp³-hybridized carbons (Fsp3) is 0.471. The fourth-order valence-electron chi connectivity index (χ4n) is 2.37. The van der Waals surface area contributed by atoms with Gasteiger partial charge in [0, 0.05) is 11.1 Å². The molecule has 0 bridgehead atoms. The van der Waals surface area contributed by atoms with Gasteiger partial charge in [-0.15, -0.1) is 0 Å². The molecule has 1 aromatic carbocycles. The average Bonchev–Trinajstić information content (AvgIpc) is 2.67. The smallest absolute Gasteiger partial charge is 0.214 e. The van der Waals surface area contributed by atoms with Crippen molar-refractivity contribution in [1.29, 1.82) is 0 Å². The topological polar surface area (TPSA) is 38.0 Å². The lowest BCUT2D eigenvalue weighted by Gasteiger charge is -2.22. The van der Waals surface area contributed by atoms with E-state index in [1.165, 1.54) is 0 Å². The fourth-order valence-corrected chi connectivity index (χ4v) is 2.37. The molecule has 1 heterocycles. The van der Waals surface area contributed by atoms with E-state index in [2.05, 4.69) is 25.9 Å². The molecule has 0 spiro atoms. The van der Waals surface area contributed by atoms with E-state index in [1.54, 1.807) is 4.68 Å². The van der Waals surface area contributed by atoms with Crippen LogP contribution < -0.4 is 0 Å². The highest BCUT2D eigenvalue weighted by Gasteiger charge is 2.31. The van der Waals surface area contributed by atoms with Gasteiger partial charge >= 0.3 is 0 Å². The average molecular weight is 272 g/mol. The van der Waals surface area contributed by atoms with Crippen LogP contribution in [0.25, 0.3) is 11.3 Å². The molecular weight excluding hydrogens is 248 g/mol. The lowest BCUT2D eigenvalue weighted by Crippen LogP contribution is -2.23. The highest BCUT2D eigenvalue weighted by atomic mass is 16.3. The molecule has 1 N–H and O–H groups in total. The summed E-state index contributed by atoms with van der Waals surface area (Å²) in [7, 11) is 0. The molecule has 0 unspecified atom stereocenters. The lowest BCUT2D eigenvalue weighted by atomic mass is 9.85. The number of aromatic nitrogens is 2. The molecule has 0 fully saturated rings. The van der Waals surface area contributed by atoms with Gasteiger partial charge in [-0.3, -0.25) is 0 Å². The number of nitrogens with zero attached hydrogens (tertiary/aromatic N) is 2. The van der Waals surface area contributed by atoms with Crippen molar-refractivity contribution >= 4 is 0 Å². The summed E-state index contributed by atoms with van der Waals surface area (Å²) in [5.41, 5.74) is 2.38. The van der Waals surface area contributed by atoms with Crippen LogP contribution in [0.2, 0.25) is 0 Å². The molecule has 108 valence electrons. The lowest BCUT2D eigenvalue weighted by molar-refractivity contribution is 0.290. The van der Waals surface area contributed by atoms with Crippen LogP contribution in [0.5, 0.6) is 5.88 Å². The van der Waals surface area contributed by atoms with E-state index >= 15 is 0 Å². The van der Waals surface area contributed by atoms with Crippen molar-refractivity contribution in [2.45, 2.75) is 52.5 Å². The highest BCUT2D eigenvalue weighted by molar-refractivity contribution is 5.67. The summed E-state index contributed by atoms with van der Waals surface area (Å²) < 4.78 is 1.72. The molecule has 1 aromatic heterocycles. The summed E-state index contributed by atoms with van der Waals surface area (Å²) in [6.07, 6.45) is 0. The number of hydrogen-bond acceptors (Lipinski definition) is 2. The maximum Gasteiger partial charge on any atom is 0.214 e. The molecule has 0 saturated heterocycles. The molecule has 3 nitrogen and oxygen atoms in total. The van der Waals surface area contributed by atoms with Gasteiger partial charge in [0.25, 0.3) is 0 Å². The minimum atomic E-state index is -0.253. The third-order valence-corrected chi connectivity index (χ3v) is 3.29. The predicted octanol–water partition coefficient (Wildman–Crippen LogP) is 4.31. The van der Waals surface area contributed by atoms with Crippen LogP contribution in [0, 0.1) is 0 Å². The number of rotatable bonds is 1. The summed E-state index contributed by atoms with van der Waals surface area (Å²) in [6.45, 7) is 12.4. The van der Waals surface area contributed by atoms with Gasteiger partial charge in [-0.05, 0) is 26.2 Å². The highest BCUT2D eigenvalue weighted by Crippen LogP contribution is 2.40. The van der Waals surface area contributed by atoms with Gasteiger partial charge in [-0.2, -0.15) is 5.10 Å². The zero-order valence-electron chi connectivity index (χ0n) is 13.2. The van der Waals surface area contributed by atoms with Crippen LogP contribution in [0.1, 0.15) is 47.1 Å². The molecule has 0 aliphatic carbocycles. The molecule has 0 atom stereocenters. The second-order valence-corrected chi connectivity index (χ2v) is 7.25. The predicted molar refractivity (Wildman–Crippen MR) is 83.0 cm³/mol. The molecule has 0 amide bonds. The minimum absolute atomic E-state index is 0.168. The van der Waals surface area contributed by atoms with Crippen molar-refractivity contribution in [2.75, 3.05) is 0 Å². The van der Waals surface area contributed by atoms with Crippen molar-refractivity contribution in [3.63, 3.8) is 0 Å². The molecule has 3 heteroatoms. The first-order valence-corrected chi connectivity index (χ1v) is 7.01. The van der Waals surface area contributed by atoms with Crippen molar-refractivity contribution in [3.05, 3.63) is 35.9 Å². The van der Waals surface area contributed by atoms with Crippen molar-refractivity contribution in [3.8, 4) is 17.1 Å². The van der Waals surface area contributed by atoms with E-state index in [9.17, 15) is 5.11 Å². The Bertz CT molecular complexity index is 598. The Labute approximate surface area is 121 Å². The molecule has 2 aromatic rings.